The molecule has 130 valence electrons. The molecule has 2 aromatic carbocycles. The molecule has 0 heterocycles. The van der Waals surface area contributed by atoms with Crippen LogP contribution in [0.15, 0.2) is 60.7 Å². The smallest absolute Gasteiger partial charge is 0.0733 e. The Bertz CT molecular complexity index is 630. The Morgan fingerprint density at radius 2 is 0.792 bits per heavy atom. The average molecular weight is 387 g/mol. The lowest BCUT2D eigenvalue weighted by atomic mass is 10.4. The minimum atomic E-state index is -1.74. The van der Waals surface area contributed by atoms with Gasteiger partial charge in [-0.3, -0.25) is 0 Å². The van der Waals surface area contributed by atoms with Crippen molar-refractivity contribution in [3.8, 4) is 0 Å². The fourth-order valence-electron chi connectivity index (χ4n) is 3.99. The summed E-state index contributed by atoms with van der Waals surface area (Å²) in [7, 11) is -5.66. The quantitative estimate of drug-likeness (QED) is 0.643. The van der Waals surface area contributed by atoms with E-state index in [0.29, 0.717) is 0 Å². The molecular weight excluding hydrogens is 353 g/mol. The summed E-state index contributed by atoms with van der Waals surface area (Å²) in [6.45, 7) is 21.5. The SMILES string of the molecule is C[Si](C)(C)[Si](C)(C)[Si](C)(C)[Si](C)(c1ccccc1)c1ccccc1. The number of hydrogen-bond donors (Lipinski definition) is 0. The Kier molecular flexibility index (Phi) is 5.36. The molecule has 0 aliphatic rings. The molecule has 2 rings (SSSR count). The third-order valence-corrected chi connectivity index (χ3v) is 74.3. The van der Waals surface area contributed by atoms with Gasteiger partial charge in [-0.1, -0.05) is 123 Å². The molecule has 0 unspecified atom stereocenters. The molecule has 0 spiro atoms. The highest BCUT2D eigenvalue weighted by Crippen LogP contribution is 2.35. The maximum absolute atomic E-state index is 2.74. The van der Waals surface area contributed by atoms with E-state index in [9.17, 15) is 0 Å². The summed E-state index contributed by atoms with van der Waals surface area (Å²) < 4.78 is 0. The van der Waals surface area contributed by atoms with Gasteiger partial charge in [0.05, 0.1) is 0 Å². The summed E-state index contributed by atoms with van der Waals surface area (Å²) in [5.41, 5.74) is 0. The second kappa shape index (κ2) is 6.55. The molecule has 0 bridgehead atoms. The minimum absolute atomic E-state index is 1.16. The zero-order valence-corrected chi connectivity index (χ0v) is 20.8. The van der Waals surface area contributed by atoms with E-state index in [1.54, 1.807) is 10.4 Å². The number of hydrogen-bond acceptors (Lipinski definition) is 0. The molecule has 0 aliphatic heterocycles. The molecule has 24 heavy (non-hydrogen) atoms. The molecule has 0 radical (unpaired) electrons. The van der Waals surface area contributed by atoms with E-state index >= 15 is 0 Å². The molecule has 0 nitrogen and oxygen atoms in total. The fourth-order valence-corrected chi connectivity index (χ4v) is 72.9. The van der Waals surface area contributed by atoms with Gasteiger partial charge >= 0.3 is 0 Å². The van der Waals surface area contributed by atoms with Gasteiger partial charge in [0.1, 0.15) is 7.59 Å². The summed E-state index contributed by atoms with van der Waals surface area (Å²) in [6.07, 6.45) is 0. The van der Waals surface area contributed by atoms with Crippen molar-refractivity contribution in [1.82, 2.24) is 0 Å². The van der Waals surface area contributed by atoms with Crippen LogP contribution in [0.4, 0.5) is 0 Å². The Morgan fingerprint density at radius 1 is 0.458 bits per heavy atom. The van der Waals surface area contributed by atoms with Crippen molar-refractivity contribution in [3.63, 3.8) is 0 Å². The van der Waals surface area contributed by atoms with Crippen LogP contribution in [0.25, 0.3) is 0 Å². The third-order valence-electron chi connectivity index (χ3n) is 7.39. The summed E-state index contributed by atoms with van der Waals surface area (Å²) in [6, 6.07) is 23.0. The third kappa shape index (κ3) is 2.98. The maximum atomic E-state index is 2.74. The van der Waals surface area contributed by atoms with Crippen molar-refractivity contribution < 1.29 is 0 Å². The molecule has 0 aliphatic carbocycles. The van der Waals surface area contributed by atoms with Crippen LogP contribution in [0, 0.1) is 0 Å². The zero-order chi connectivity index (χ0) is 18.2. The predicted molar refractivity (Wildman–Crippen MR) is 122 cm³/mol. The molecule has 2 aromatic rings. The van der Waals surface area contributed by atoms with Crippen molar-refractivity contribution >= 4 is 39.8 Å². The second-order valence-corrected chi connectivity index (χ2v) is 49.3. The van der Waals surface area contributed by atoms with Gasteiger partial charge in [0, 0.05) is 21.8 Å². The molecular formula is C20H34Si4. The summed E-state index contributed by atoms with van der Waals surface area (Å²) in [5, 5.41) is 3.29. The lowest BCUT2D eigenvalue weighted by molar-refractivity contribution is 1.68. The van der Waals surface area contributed by atoms with E-state index < -0.39 is 29.4 Å². The molecule has 0 amide bonds. The van der Waals surface area contributed by atoms with Gasteiger partial charge in [-0.15, -0.1) is 0 Å². The van der Waals surface area contributed by atoms with Crippen LogP contribution < -0.4 is 10.4 Å². The van der Waals surface area contributed by atoms with E-state index in [4.69, 9.17) is 0 Å². The van der Waals surface area contributed by atoms with Gasteiger partial charge in [-0.05, 0) is 0 Å². The average Bonchev–Trinajstić information content (AvgIpc) is 2.54. The summed E-state index contributed by atoms with van der Waals surface area (Å²) in [4.78, 5) is 0. The Hall–Kier alpha value is -0.692. The Morgan fingerprint density at radius 3 is 1.08 bits per heavy atom. The first-order valence-corrected chi connectivity index (χ1v) is 24.1. The van der Waals surface area contributed by atoms with E-state index in [1.807, 2.05) is 0 Å². The molecule has 0 saturated heterocycles. The standard InChI is InChI=1S/C20H34Si4/c1-21(2,3)22(4,5)23(6,7)24(8,19-15-11-9-12-16-19)20-17-13-10-14-18-20/h9-18H,1-8H3. The van der Waals surface area contributed by atoms with E-state index in [0.717, 1.165) is 0 Å². The van der Waals surface area contributed by atoms with Crippen molar-refractivity contribution in [2.45, 2.75) is 52.4 Å². The summed E-state index contributed by atoms with van der Waals surface area (Å²) >= 11 is 0. The largest absolute Gasteiger partial charge is 0.105 e. The van der Waals surface area contributed by atoms with Crippen molar-refractivity contribution in [2.24, 2.45) is 0 Å². The van der Waals surface area contributed by atoms with Crippen LogP contribution >= 0.6 is 0 Å². The van der Waals surface area contributed by atoms with Gasteiger partial charge in [0.2, 0.25) is 0 Å². The predicted octanol–water partition coefficient (Wildman–Crippen LogP) is 4.87. The number of rotatable bonds is 5. The normalized spacial score (nSPS) is 13.8. The lowest BCUT2D eigenvalue weighted by Crippen LogP contribution is -2.85. The van der Waals surface area contributed by atoms with Crippen LogP contribution in [0.2, 0.25) is 52.4 Å². The monoisotopic (exact) mass is 386 g/mol. The highest BCUT2D eigenvalue weighted by Gasteiger charge is 2.60. The van der Waals surface area contributed by atoms with Crippen molar-refractivity contribution in [1.29, 1.82) is 0 Å². The lowest BCUT2D eigenvalue weighted by Gasteiger charge is -2.55. The van der Waals surface area contributed by atoms with E-state index in [2.05, 4.69) is 113 Å². The van der Waals surface area contributed by atoms with Gasteiger partial charge in [-0.2, -0.15) is 0 Å². The van der Waals surface area contributed by atoms with E-state index in [-0.39, 0.29) is 0 Å². The first kappa shape index (κ1) is 19.6. The van der Waals surface area contributed by atoms with Crippen LogP contribution in [-0.4, -0.2) is 29.4 Å². The second-order valence-electron chi connectivity index (χ2n) is 9.36. The van der Waals surface area contributed by atoms with Crippen molar-refractivity contribution in [2.75, 3.05) is 0 Å². The van der Waals surface area contributed by atoms with Crippen LogP contribution in [0.3, 0.4) is 0 Å². The molecule has 0 fully saturated rings. The van der Waals surface area contributed by atoms with Gasteiger partial charge in [0.25, 0.3) is 0 Å². The van der Waals surface area contributed by atoms with Crippen molar-refractivity contribution in [3.05, 3.63) is 60.7 Å². The van der Waals surface area contributed by atoms with Gasteiger partial charge in [0.15, 0.2) is 0 Å². The molecule has 0 saturated carbocycles. The maximum Gasteiger partial charge on any atom is 0.105 e. The zero-order valence-electron chi connectivity index (χ0n) is 16.8. The summed E-state index contributed by atoms with van der Waals surface area (Å²) in [5.74, 6) is 0. The highest BCUT2D eigenvalue weighted by molar-refractivity contribution is 7.85. The fraction of sp³-hybridized carbons (Fsp3) is 0.400. The van der Waals surface area contributed by atoms with Crippen LogP contribution in [-0.2, 0) is 0 Å². The number of benzene rings is 2. The molecule has 0 N–H and O–H groups in total. The molecule has 4 heteroatoms. The van der Waals surface area contributed by atoms with Gasteiger partial charge in [-0.25, -0.2) is 0 Å². The topological polar surface area (TPSA) is 0 Å². The van der Waals surface area contributed by atoms with Gasteiger partial charge < -0.3 is 0 Å². The first-order chi connectivity index (χ1) is 11.0. The highest BCUT2D eigenvalue weighted by atomic mass is 29.8. The molecule has 0 atom stereocenters. The first-order valence-electron chi connectivity index (χ1n) is 9.07. The Balaban J connectivity index is 2.77. The van der Waals surface area contributed by atoms with E-state index in [1.165, 1.54) is 0 Å². The van der Waals surface area contributed by atoms with Crippen LogP contribution in [0.5, 0.6) is 0 Å². The molecule has 0 aromatic heterocycles. The minimum Gasteiger partial charge on any atom is -0.0733 e. The van der Waals surface area contributed by atoms with Crippen LogP contribution in [0.1, 0.15) is 0 Å². The Labute approximate surface area is 152 Å².